The summed E-state index contributed by atoms with van der Waals surface area (Å²) in [6.45, 7) is 3.92. The Labute approximate surface area is 118 Å². The molecule has 0 aromatic heterocycles. The van der Waals surface area contributed by atoms with E-state index in [0.29, 0.717) is 6.61 Å². The van der Waals surface area contributed by atoms with E-state index in [1.54, 1.807) is 7.11 Å². The van der Waals surface area contributed by atoms with Gasteiger partial charge < -0.3 is 14.8 Å². The Balaban J connectivity index is 4.21. The van der Waals surface area contributed by atoms with Gasteiger partial charge in [-0.05, 0) is 25.3 Å². The maximum Gasteiger partial charge on any atom is 0.330 e. The standard InChI is InChI=1S/C13H25F4NO2/c1-4-6-18-11(10(2)5-7-19-3)8-20-9-13(16,17)12(14)15/h10-12,18H,4-9H2,1-3H3. The Bertz CT molecular complexity index is 242. The number of methoxy groups -OCH3 is 1. The quantitative estimate of drug-likeness (QED) is 0.562. The zero-order chi connectivity index (χ0) is 15.6. The normalized spacial score (nSPS) is 15.6. The highest BCUT2D eigenvalue weighted by molar-refractivity contribution is 4.74. The van der Waals surface area contributed by atoms with Gasteiger partial charge in [-0.15, -0.1) is 0 Å². The maximum absolute atomic E-state index is 12.7. The van der Waals surface area contributed by atoms with E-state index in [-0.39, 0.29) is 18.6 Å². The van der Waals surface area contributed by atoms with Crippen molar-refractivity contribution < 1.29 is 27.0 Å². The van der Waals surface area contributed by atoms with Crippen LogP contribution in [0.25, 0.3) is 0 Å². The second-order valence-electron chi connectivity index (χ2n) is 4.90. The fourth-order valence-electron chi connectivity index (χ4n) is 1.64. The molecule has 1 N–H and O–H groups in total. The molecule has 0 aromatic carbocycles. The molecule has 0 rings (SSSR count). The lowest BCUT2D eigenvalue weighted by Crippen LogP contribution is -2.42. The monoisotopic (exact) mass is 303 g/mol. The van der Waals surface area contributed by atoms with Gasteiger partial charge in [-0.3, -0.25) is 0 Å². The molecule has 0 saturated carbocycles. The molecule has 3 nitrogen and oxygen atoms in total. The lowest BCUT2D eigenvalue weighted by Gasteiger charge is -2.26. The number of alkyl halides is 4. The maximum atomic E-state index is 12.7. The van der Waals surface area contributed by atoms with E-state index >= 15 is 0 Å². The topological polar surface area (TPSA) is 30.5 Å². The Morgan fingerprint density at radius 1 is 1.25 bits per heavy atom. The van der Waals surface area contributed by atoms with Crippen molar-refractivity contribution in [2.75, 3.05) is 33.5 Å². The molecular formula is C13H25F4NO2. The summed E-state index contributed by atoms with van der Waals surface area (Å²) in [4.78, 5) is 0. The average molecular weight is 303 g/mol. The summed E-state index contributed by atoms with van der Waals surface area (Å²) in [5.41, 5.74) is 0. The molecule has 0 amide bonds. The number of hydrogen-bond donors (Lipinski definition) is 1. The largest absolute Gasteiger partial charge is 0.385 e. The highest BCUT2D eigenvalue weighted by atomic mass is 19.3. The molecule has 122 valence electrons. The minimum atomic E-state index is -4.09. The van der Waals surface area contributed by atoms with E-state index in [1.807, 2.05) is 13.8 Å². The summed E-state index contributed by atoms with van der Waals surface area (Å²) in [5.74, 6) is -3.95. The van der Waals surface area contributed by atoms with Crippen LogP contribution in [0.4, 0.5) is 17.6 Å². The van der Waals surface area contributed by atoms with Crippen LogP contribution in [0.5, 0.6) is 0 Å². The van der Waals surface area contributed by atoms with E-state index < -0.39 is 19.0 Å². The van der Waals surface area contributed by atoms with Gasteiger partial charge >= 0.3 is 12.3 Å². The Morgan fingerprint density at radius 3 is 2.40 bits per heavy atom. The van der Waals surface area contributed by atoms with Gasteiger partial charge in [0.15, 0.2) is 0 Å². The van der Waals surface area contributed by atoms with E-state index in [4.69, 9.17) is 9.47 Å². The van der Waals surface area contributed by atoms with E-state index in [0.717, 1.165) is 19.4 Å². The van der Waals surface area contributed by atoms with Crippen LogP contribution in [0.15, 0.2) is 0 Å². The molecule has 0 bridgehead atoms. The Kier molecular flexibility index (Phi) is 10.1. The molecule has 2 unspecified atom stereocenters. The molecule has 0 radical (unpaired) electrons. The number of hydrogen-bond acceptors (Lipinski definition) is 3. The van der Waals surface area contributed by atoms with Crippen molar-refractivity contribution in [2.24, 2.45) is 5.92 Å². The van der Waals surface area contributed by atoms with Gasteiger partial charge in [-0.1, -0.05) is 13.8 Å². The predicted molar refractivity (Wildman–Crippen MR) is 69.5 cm³/mol. The van der Waals surface area contributed by atoms with Gasteiger partial charge in [0.05, 0.1) is 6.61 Å². The third-order valence-electron chi connectivity index (χ3n) is 3.03. The lowest BCUT2D eigenvalue weighted by atomic mass is 9.99. The first kappa shape index (κ1) is 19.6. The van der Waals surface area contributed by atoms with Crippen LogP contribution < -0.4 is 5.32 Å². The molecule has 0 aromatic rings. The number of halogens is 4. The fourth-order valence-corrected chi connectivity index (χ4v) is 1.64. The highest BCUT2D eigenvalue weighted by Gasteiger charge is 2.41. The van der Waals surface area contributed by atoms with E-state index in [9.17, 15) is 17.6 Å². The van der Waals surface area contributed by atoms with Crippen molar-refractivity contribution >= 4 is 0 Å². The molecule has 2 atom stereocenters. The summed E-state index contributed by atoms with van der Waals surface area (Å²) in [7, 11) is 1.58. The minimum absolute atomic E-state index is 0.0206. The van der Waals surface area contributed by atoms with Crippen molar-refractivity contribution in [1.29, 1.82) is 0 Å². The van der Waals surface area contributed by atoms with Crippen LogP contribution in [0.3, 0.4) is 0 Å². The molecule has 0 aliphatic rings. The van der Waals surface area contributed by atoms with Gasteiger partial charge in [0, 0.05) is 19.8 Å². The minimum Gasteiger partial charge on any atom is -0.385 e. The SMILES string of the molecule is CCCNC(COCC(F)(F)C(F)F)C(C)CCOC. The van der Waals surface area contributed by atoms with Gasteiger partial charge in [-0.2, -0.15) is 8.78 Å². The number of rotatable bonds is 12. The third-order valence-corrected chi connectivity index (χ3v) is 3.03. The Morgan fingerprint density at radius 2 is 1.90 bits per heavy atom. The summed E-state index contributed by atoms with van der Waals surface area (Å²) in [6.07, 6.45) is -2.07. The summed E-state index contributed by atoms with van der Waals surface area (Å²) < 4.78 is 59.2. The van der Waals surface area contributed by atoms with Crippen molar-refractivity contribution in [3.63, 3.8) is 0 Å². The van der Waals surface area contributed by atoms with Gasteiger partial charge in [0.25, 0.3) is 0 Å². The molecule has 0 aliphatic heterocycles. The second-order valence-corrected chi connectivity index (χ2v) is 4.90. The zero-order valence-electron chi connectivity index (χ0n) is 12.3. The van der Waals surface area contributed by atoms with Crippen LogP contribution in [-0.2, 0) is 9.47 Å². The van der Waals surface area contributed by atoms with Gasteiger partial charge in [-0.25, -0.2) is 8.78 Å². The molecule has 0 spiro atoms. The highest BCUT2D eigenvalue weighted by Crippen LogP contribution is 2.23. The van der Waals surface area contributed by atoms with Crippen molar-refractivity contribution in [2.45, 2.75) is 45.1 Å². The van der Waals surface area contributed by atoms with Gasteiger partial charge in [0.1, 0.15) is 6.61 Å². The van der Waals surface area contributed by atoms with Crippen molar-refractivity contribution in [3.05, 3.63) is 0 Å². The van der Waals surface area contributed by atoms with Crippen LogP contribution in [0.2, 0.25) is 0 Å². The molecule has 0 aliphatic carbocycles. The van der Waals surface area contributed by atoms with Crippen molar-refractivity contribution in [3.8, 4) is 0 Å². The fraction of sp³-hybridized carbons (Fsp3) is 1.00. The van der Waals surface area contributed by atoms with Crippen LogP contribution in [0, 0.1) is 5.92 Å². The average Bonchev–Trinajstić information content (AvgIpc) is 2.39. The van der Waals surface area contributed by atoms with Crippen LogP contribution >= 0.6 is 0 Å². The first-order chi connectivity index (χ1) is 9.35. The number of nitrogens with one attached hydrogen (secondary N) is 1. The zero-order valence-corrected chi connectivity index (χ0v) is 12.3. The molecule has 0 saturated heterocycles. The first-order valence-corrected chi connectivity index (χ1v) is 6.81. The molecular weight excluding hydrogens is 278 g/mol. The third kappa shape index (κ3) is 8.01. The Hall–Kier alpha value is -0.400. The predicted octanol–water partition coefficient (Wildman–Crippen LogP) is 2.94. The first-order valence-electron chi connectivity index (χ1n) is 6.81. The summed E-state index contributed by atoms with van der Waals surface area (Å²) in [5, 5.41) is 3.18. The molecule has 0 heterocycles. The second kappa shape index (κ2) is 10.3. The number of ether oxygens (including phenoxy) is 2. The van der Waals surface area contributed by atoms with Crippen LogP contribution in [0.1, 0.15) is 26.7 Å². The van der Waals surface area contributed by atoms with Gasteiger partial charge in [0.2, 0.25) is 0 Å². The van der Waals surface area contributed by atoms with E-state index in [2.05, 4.69) is 5.32 Å². The van der Waals surface area contributed by atoms with E-state index in [1.165, 1.54) is 0 Å². The van der Waals surface area contributed by atoms with Crippen LogP contribution in [-0.4, -0.2) is 51.9 Å². The smallest absolute Gasteiger partial charge is 0.330 e. The molecule has 0 fully saturated rings. The lowest BCUT2D eigenvalue weighted by molar-refractivity contribution is -0.167. The summed E-state index contributed by atoms with van der Waals surface area (Å²) in [6, 6.07) is -0.154. The summed E-state index contributed by atoms with van der Waals surface area (Å²) >= 11 is 0. The van der Waals surface area contributed by atoms with Crippen molar-refractivity contribution in [1.82, 2.24) is 5.32 Å². The molecule has 7 heteroatoms. The molecule has 20 heavy (non-hydrogen) atoms.